The summed E-state index contributed by atoms with van der Waals surface area (Å²) >= 11 is 0. The van der Waals surface area contributed by atoms with Crippen LogP contribution in [-0.4, -0.2) is 24.2 Å². The van der Waals surface area contributed by atoms with Crippen molar-refractivity contribution in [3.63, 3.8) is 0 Å². The maximum Gasteiger partial charge on any atom is 0.127 e. The minimum atomic E-state index is 0.806. The molecular formula is C32H24N2O2. The minimum absolute atomic E-state index is 0.806. The lowest BCUT2D eigenvalue weighted by molar-refractivity contribution is 0.411. The minimum Gasteiger partial charge on any atom is -0.496 e. The van der Waals surface area contributed by atoms with Crippen molar-refractivity contribution in [3.8, 4) is 45.3 Å². The van der Waals surface area contributed by atoms with E-state index >= 15 is 0 Å². The van der Waals surface area contributed by atoms with Crippen molar-refractivity contribution in [1.82, 2.24) is 9.97 Å². The van der Waals surface area contributed by atoms with Gasteiger partial charge in [-0.05, 0) is 64.0 Å². The van der Waals surface area contributed by atoms with E-state index in [2.05, 4.69) is 59.6 Å². The van der Waals surface area contributed by atoms with Gasteiger partial charge in [0.2, 0.25) is 0 Å². The first-order valence-corrected chi connectivity index (χ1v) is 11.8. The average Bonchev–Trinajstić information content (AvgIpc) is 2.96. The third-order valence-corrected chi connectivity index (χ3v) is 6.53. The molecule has 0 aliphatic carbocycles. The molecule has 0 aliphatic rings. The number of pyridine rings is 2. The van der Waals surface area contributed by atoms with Crippen molar-refractivity contribution < 1.29 is 9.47 Å². The molecule has 0 bridgehead atoms. The molecule has 4 nitrogen and oxygen atoms in total. The number of rotatable bonds is 5. The van der Waals surface area contributed by atoms with Crippen molar-refractivity contribution in [3.05, 3.63) is 109 Å². The number of hydrogen-bond acceptors (Lipinski definition) is 4. The van der Waals surface area contributed by atoms with Crippen LogP contribution in [0.15, 0.2) is 109 Å². The molecule has 0 unspecified atom stereocenters. The molecule has 4 heteroatoms. The quantitative estimate of drug-likeness (QED) is 0.259. The summed E-state index contributed by atoms with van der Waals surface area (Å²) < 4.78 is 11.7. The van der Waals surface area contributed by atoms with Crippen LogP contribution in [0, 0.1) is 0 Å². The monoisotopic (exact) mass is 468 g/mol. The van der Waals surface area contributed by atoms with Crippen LogP contribution < -0.4 is 9.47 Å². The van der Waals surface area contributed by atoms with Gasteiger partial charge in [0.1, 0.15) is 11.5 Å². The van der Waals surface area contributed by atoms with Gasteiger partial charge in [-0.15, -0.1) is 0 Å². The van der Waals surface area contributed by atoms with Crippen LogP contribution in [0.2, 0.25) is 0 Å². The number of ether oxygens (including phenoxy) is 2. The molecule has 0 radical (unpaired) electrons. The highest BCUT2D eigenvalue weighted by atomic mass is 16.5. The highest BCUT2D eigenvalue weighted by Crippen LogP contribution is 2.45. The zero-order valence-electron chi connectivity index (χ0n) is 20.1. The number of aromatic nitrogens is 2. The van der Waals surface area contributed by atoms with Gasteiger partial charge in [-0.1, -0.05) is 60.7 Å². The van der Waals surface area contributed by atoms with E-state index in [0.29, 0.717) is 0 Å². The molecule has 0 saturated heterocycles. The summed E-state index contributed by atoms with van der Waals surface area (Å²) in [5.74, 6) is 1.62. The molecule has 0 atom stereocenters. The Hall–Kier alpha value is -4.70. The lowest BCUT2D eigenvalue weighted by Crippen LogP contribution is -1.95. The van der Waals surface area contributed by atoms with Crippen LogP contribution in [0.1, 0.15) is 0 Å². The molecule has 0 spiro atoms. The van der Waals surface area contributed by atoms with Gasteiger partial charge in [-0.2, -0.15) is 0 Å². The van der Waals surface area contributed by atoms with E-state index in [9.17, 15) is 0 Å². The fraction of sp³-hybridized carbons (Fsp3) is 0.0625. The molecule has 0 fully saturated rings. The van der Waals surface area contributed by atoms with E-state index in [0.717, 1.165) is 66.8 Å². The van der Waals surface area contributed by atoms with Crippen LogP contribution in [0.5, 0.6) is 11.5 Å². The van der Waals surface area contributed by atoms with Crippen LogP contribution in [0.4, 0.5) is 0 Å². The van der Waals surface area contributed by atoms with Crippen molar-refractivity contribution in [2.45, 2.75) is 0 Å². The van der Waals surface area contributed by atoms with E-state index < -0.39 is 0 Å². The van der Waals surface area contributed by atoms with Crippen LogP contribution in [0.25, 0.3) is 55.3 Å². The maximum atomic E-state index is 5.86. The number of methoxy groups -OCH3 is 2. The standard InChI is InChI=1S/C32H24N2O2/c1-35-29-17-14-21-8-3-4-9-24(21)31(29)32-25-16-13-23(20-22(25)15-18-30(32)36-2)26-11-7-12-28(34-26)27-10-5-6-19-33-27/h3-20H,1-2H3. The van der Waals surface area contributed by atoms with Crippen molar-refractivity contribution in [1.29, 1.82) is 0 Å². The Balaban J connectivity index is 1.55. The van der Waals surface area contributed by atoms with Gasteiger partial charge < -0.3 is 9.47 Å². The predicted octanol–water partition coefficient (Wildman–Crippen LogP) is 7.80. The van der Waals surface area contributed by atoms with E-state index in [4.69, 9.17) is 14.5 Å². The first kappa shape index (κ1) is 21.8. The lowest BCUT2D eigenvalue weighted by Gasteiger charge is -2.18. The van der Waals surface area contributed by atoms with Crippen molar-refractivity contribution in [2.75, 3.05) is 14.2 Å². The van der Waals surface area contributed by atoms with Gasteiger partial charge in [-0.25, -0.2) is 4.98 Å². The second-order valence-corrected chi connectivity index (χ2v) is 8.57. The topological polar surface area (TPSA) is 44.2 Å². The second-order valence-electron chi connectivity index (χ2n) is 8.57. The third-order valence-electron chi connectivity index (χ3n) is 6.53. The molecule has 0 N–H and O–H groups in total. The second kappa shape index (κ2) is 9.16. The Morgan fingerprint density at radius 1 is 0.528 bits per heavy atom. The zero-order chi connectivity index (χ0) is 24.5. The molecule has 0 aliphatic heterocycles. The van der Waals surface area contributed by atoms with Crippen molar-refractivity contribution >= 4 is 21.5 Å². The largest absolute Gasteiger partial charge is 0.496 e. The number of fused-ring (bicyclic) bond motifs is 2. The first-order valence-electron chi connectivity index (χ1n) is 11.8. The SMILES string of the molecule is COc1ccc2ccccc2c1-c1c(OC)ccc2cc(-c3cccc(-c4ccccn4)n3)ccc12. The Morgan fingerprint density at radius 2 is 1.19 bits per heavy atom. The number of nitrogens with zero attached hydrogens (tertiary/aromatic N) is 2. The predicted molar refractivity (Wildman–Crippen MR) is 146 cm³/mol. The summed E-state index contributed by atoms with van der Waals surface area (Å²) in [5.41, 5.74) is 5.70. The molecule has 6 rings (SSSR count). The van der Waals surface area contributed by atoms with E-state index in [1.54, 1.807) is 20.4 Å². The summed E-state index contributed by atoms with van der Waals surface area (Å²) in [7, 11) is 3.42. The van der Waals surface area contributed by atoms with Crippen LogP contribution >= 0.6 is 0 Å². The van der Waals surface area contributed by atoms with Gasteiger partial charge in [0.15, 0.2) is 0 Å². The highest BCUT2D eigenvalue weighted by Gasteiger charge is 2.18. The summed E-state index contributed by atoms with van der Waals surface area (Å²) in [4.78, 5) is 9.35. The summed E-state index contributed by atoms with van der Waals surface area (Å²) in [5, 5.41) is 4.47. The van der Waals surface area contributed by atoms with E-state index in [-0.39, 0.29) is 0 Å². The van der Waals surface area contributed by atoms with Crippen molar-refractivity contribution in [2.24, 2.45) is 0 Å². The molecule has 6 aromatic rings. The average molecular weight is 469 g/mol. The fourth-order valence-corrected chi connectivity index (χ4v) is 4.83. The van der Waals surface area contributed by atoms with Crippen LogP contribution in [-0.2, 0) is 0 Å². The highest BCUT2D eigenvalue weighted by molar-refractivity contribution is 6.10. The molecule has 36 heavy (non-hydrogen) atoms. The van der Waals surface area contributed by atoms with E-state index in [1.807, 2.05) is 48.5 Å². The van der Waals surface area contributed by atoms with Gasteiger partial charge in [-0.3, -0.25) is 4.98 Å². The lowest BCUT2D eigenvalue weighted by atomic mass is 9.91. The number of benzene rings is 4. The van der Waals surface area contributed by atoms with Gasteiger partial charge in [0, 0.05) is 22.9 Å². The molecule has 174 valence electrons. The molecule has 4 aromatic carbocycles. The number of hydrogen-bond donors (Lipinski definition) is 0. The Morgan fingerprint density at radius 3 is 1.94 bits per heavy atom. The van der Waals surface area contributed by atoms with Gasteiger partial charge in [0.25, 0.3) is 0 Å². The van der Waals surface area contributed by atoms with Crippen LogP contribution in [0.3, 0.4) is 0 Å². The Bertz CT molecular complexity index is 1710. The molecule has 2 heterocycles. The summed E-state index contributed by atoms with van der Waals surface area (Å²) in [6.45, 7) is 0. The zero-order valence-corrected chi connectivity index (χ0v) is 20.1. The normalized spacial score (nSPS) is 11.1. The third kappa shape index (κ3) is 3.73. The molecule has 0 saturated carbocycles. The summed E-state index contributed by atoms with van der Waals surface area (Å²) in [6.07, 6.45) is 1.79. The summed E-state index contributed by atoms with van der Waals surface area (Å²) in [6, 6.07) is 35.0. The molecule has 0 amide bonds. The first-order chi connectivity index (χ1) is 17.8. The molecular weight excluding hydrogens is 444 g/mol. The Kier molecular flexibility index (Phi) is 5.55. The van der Waals surface area contributed by atoms with Gasteiger partial charge >= 0.3 is 0 Å². The van der Waals surface area contributed by atoms with E-state index in [1.165, 1.54) is 0 Å². The Labute approximate surface area is 209 Å². The smallest absolute Gasteiger partial charge is 0.127 e. The molecule has 2 aromatic heterocycles. The van der Waals surface area contributed by atoms with Gasteiger partial charge in [0.05, 0.1) is 31.3 Å². The fourth-order valence-electron chi connectivity index (χ4n) is 4.83. The maximum absolute atomic E-state index is 5.86.